The fraction of sp³-hybridized carbons (Fsp3) is 0.632. The molecule has 25 heavy (non-hydrogen) atoms. The first-order chi connectivity index (χ1) is 11.8. The Kier molecular flexibility index (Phi) is 8.98. The Morgan fingerprint density at radius 1 is 0.920 bits per heavy atom. The van der Waals surface area contributed by atoms with E-state index >= 15 is 0 Å². The Morgan fingerprint density at radius 2 is 1.52 bits per heavy atom. The van der Waals surface area contributed by atoms with Crippen molar-refractivity contribution >= 4 is 29.9 Å². The van der Waals surface area contributed by atoms with Crippen molar-refractivity contribution in [3.8, 4) is 0 Å². The zero-order chi connectivity index (χ0) is 16.6. The van der Waals surface area contributed by atoms with Gasteiger partial charge in [0.2, 0.25) is 0 Å². The van der Waals surface area contributed by atoms with E-state index in [9.17, 15) is 0 Å². The highest BCUT2D eigenvalue weighted by atomic mass is 127. The molecule has 0 amide bonds. The first-order valence-corrected chi connectivity index (χ1v) is 9.24. The molecule has 6 heteroatoms. The average molecular weight is 458 g/mol. The van der Waals surface area contributed by atoms with Gasteiger partial charge in [0, 0.05) is 32.7 Å². The van der Waals surface area contributed by atoms with E-state index in [4.69, 9.17) is 10.5 Å². The minimum atomic E-state index is 0. The van der Waals surface area contributed by atoms with Crippen LogP contribution in [0, 0.1) is 0 Å². The molecule has 2 fully saturated rings. The molecular formula is C19H31IN4O. The van der Waals surface area contributed by atoms with Crippen LogP contribution in [-0.4, -0.2) is 55.2 Å². The highest BCUT2D eigenvalue weighted by molar-refractivity contribution is 14.0. The van der Waals surface area contributed by atoms with E-state index in [0.717, 1.165) is 45.9 Å². The third-order valence-corrected chi connectivity index (χ3v) is 4.89. The van der Waals surface area contributed by atoms with Crippen LogP contribution < -0.4 is 5.73 Å². The van der Waals surface area contributed by atoms with E-state index in [0.29, 0.717) is 12.5 Å². The van der Waals surface area contributed by atoms with Gasteiger partial charge in [0.15, 0.2) is 5.96 Å². The predicted octanol–water partition coefficient (Wildman–Crippen LogP) is 2.83. The van der Waals surface area contributed by atoms with Gasteiger partial charge < -0.3 is 15.4 Å². The normalized spacial score (nSPS) is 20.0. The maximum atomic E-state index is 6.18. The molecule has 0 aliphatic carbocycles. The van der Waals surface area contributed by atoms with E-state index in [1.807, 2.05) is 0 Å². The molecule has 0 unspecified atom stereocenters. The van der Waals surface area contributed by atoms with Gasteiger partial charge >= 0.3 is 0 Å². The van der Waals surface area contributed by atoms with E-state index in [1.54, 1.807) is 0 Å². The minimum absolute atomic E-state index is 0. The number of hydrogen-bond acceptors (Lipinski definition) is 3. The van der Waals surface area contributed by atoms with Crippen LogP contribution in [0.1, 0.15) is 36.8 Å². The highest BCUT2D eigenvalue weighted by Crippen LogP contribution is 2.12. The largest absolute Gasteiger partial charge is 0.379 e. The van der Waals surface area contributed by atoms with Crippen molar-refractivity contribution in [2.24, 2.45) is 10.7 Å². The maximum Gasteiger partial charge on any atom is 0.191 e. The Hall–Kier alpha value is -0.860. The first-order valence-electron chi connectivity index (χ1n) is 9.24. The van der Waals surface area contributed by atoms with Crippen molar-refractivity contribution < 1.29 is 4.74 Å². The van der Waals surface area contributed by atoms with E-state index in [-0.39, 0.29) is 24.0 Å². The number of hydrogen-bond donors (Lipinski definition) is 1. The molecule has 2 aliphatic rings. The molecule has 1 aromatic rings. The quantitative estimate of drug-likeness (QED) is 0.429. The Balaban J connectivity index is 0.00000225. The SMILES string of the molecule is I.NC(=NCc1ccc(CN2CCOCC2)cc1)N1CCCCCC1. The lowest BCUT2D eigenvalue weighted by Gasteiger charge is -2.26. The highest BCUT2D eigenvalue weighted by Gasteiger charge is 2.11. The molecule has 0 spiro atoms. The molecule has 0 radical (unpaired) electrons. The van der Waals surface area contributed by atoms with E-state index in [2.05, 4.69) is 39.1 Å². The van der Waals surface area contributed by atoms with Gasteiger partial charge in [-0.2, -0.15) is 0 Å². The maximum absolute atomic E-state index is 6.18. The third kappa shape index (κ3) is 6.75. The van der Waals surface area contributed by atoms with Crippen LogP contribution in [0.4, 0.5) is 0 Å². The molecule has 5 nitrogen and oxygen atoms in total. The standard InChI is InChI=1S/C19H30N4O.HI/c20-19(23-9-3-1-2-4-10-23)21-15-17-5-7-18(8-6-17)16-22-11-13-24-14-12-22;/h5-8H,1-4,9-16H2,(H2,20,21);1H. The molecule has 3 rings (SSSR count). The number of halogens is 1. The fourth-order valence-electron chi connectivity index (χ4n) is 3.34. The van der Waals surface area contributed by atoms with E-state index in [1.165, 1.54) is 36.8 Å². The number of benzene rings is 1. The van der Waals surface area contributed by atoms with Gasteiger partial charge in [-0.15, -0.1) is 24.0 Å². The summed E-state index contributed by atoms with van der Waals surface area (Å²) in [6.45, 7) is 7.52. The molecule has 140 valence electrons. The van der Waals surface area contributed by atoms with Crippen molar-refractivity contribution in [3.63, 3.8) is 0 Å². The third-order valence-electron chi connectivity index (χ3n) is 4.89. The van der Waals surface area contributed by atoms with Gasteiger partial charge in [-0.25, -0.2) is 4.99 Å². The summed E-state index contributed by atoms with van der Waals surface area (Å²) in [6, 6.07) is 8.77. The van der Waals surface area contributed by atoms with Crippen molar-refractivity contribution in [2.45, 2.75) is 38.8 Å². The van der Waals surface area contributed by atoms with Gasteiger partial charge in [0.05, 0.1) is 19.8 Å². The molecule has 1 aromatic carbocycles. The summed E-state index contributed by atoms with van der Waals surface area (Å²) in [5.41, 5.74) is 8.75. The van der Waals surface area contributed by atoms with Crippen molar-refractivity contribution in [1.29, 1.82) is 0 Å². The molecular weight excluding hydrogens is 427 g/mol. The minimum Gasteiger partial charge on any atom is -0.379 e. The second kappa shape index (κ2) is 11.0. The van der Waals surface area contributed by atoms with E-state index < -0.39 is 0 Å². The summed E-state index contributed by atoms with van der Waals surface area (Å²) in [5.74, 6) is 0.703. The average Bonchev–Trinajstić information content (AvgIpc) is 2.91. The fourth-order valence-corrected chi connectivity index (χ4v) is 3.34. The lowest BCUT2D eigenvalue weighted by atomic mass is 10.1. The number of nitrogens with zero attached hydrogens (tertiary/aromatic N) is 3. The second-order valence-electron chi connectivity index (χ2n) is 6.78. The predicted molar refractivity (Wildman–Crippen MR) is 113 cm³/mol. The molecule has 0 aromatic heterocycles. The zero-order valence-electron chi connectivity index (χ0n) is 15.0. The van der Waals surface area contributed by atoms with Crippen LogP contribution in [0.25, 0.3) is 0 Å². The van der Waals surface area contributed by atoms with Gasteiger partial charge in [0.1, 0.15) is 0 Å². The van der Waals surface area contributed by atoms with Crippen LogP contribution in [0.3, 0.4) is 0 Å². The number of aliphatic imine (C=N–C) groups is 1. The lowest BCUT2D eigenvalue weighted by Crippen LogP contribution is -2.38. The molecule has 2 aliphatic heterocycles. The van der Waals surface area contributed by atoms with Gasteiger partial charge in [0.25, 0.3) is 0 Å². The smallest absolute Gasteiger partial charge is 0.191 e. The van der Waals surface area contributed by atoms with Gasteiger partial charge in [-0.3, -0.25) is 4.90 Å². The first kappa shape index (κ1) is 20.5. The summed E-state index contributed by atoms with van der Waals surface area (Å²) in [5, 5.41) is 0. The number of likely N-dealkylation sites (tertiary alicyclic amines) is 1. The second-order valence-corrected chi connectivity index (χ2v) is 6.78. The topological polar surface area (TPSA) is 54.1 Å². The van der Waals surface area contributed by atoms with Crippen LogP contribution >= 0.6 is 24.0 Å². The summed E-state index contributed by atoms with van der Waals surface area (Å²) in [6.07, 6.45) is 5.09. The summed E-state index contributed by atoms with van der Waals surface area (Å²) in [7, 11) is 0. The lowest BCUT2D eigenvalue weighted by molar-refractivity contribution is 0.0342. The van der Waals surface area contributed by atoms with Crippen LogP contribution in [0.5, 0.6) is 0 Å². The number of guanidine groups is 1. The Labute approximate surface area is 168 Å². The van der Waals surface area contributed by atoms with Crippen molar-refractivity contribution in [1.82, 2.24) is 9.80 Å². The van der Waals surface area contributed by atoms with Crippen molar-refractivity contribution in [2.75, 3.05) is 39.4 Å². The summed E-state index contributed by atoms with van der Waals surface area (Å²) < 4.78 is 5.40. The van der Waals surface area contributed by atoms with Gasteiger partial charge in [-0.1, -0.05) is 37.1 Å². The molecule has 2 N–H and O–H groups in total. The molecule has 0 bridgehead atoms. The van der Waals surface area contributed by atoms with Gasteiger partial charge in [-0.05, 0) is 24.0 Å². The number of nitrogens with two attached hydrogens (primary N) is 1. The Bertz CT molecular complexity index is 521. The van der Waals surface area contributed by atoms with Crippen LogP contribution in [0.15, 0.2) is 29.3 Å². The molecule has 0 atom stereocenters. The summed E-state index contributed by atoms with van der Waals surface area (Å²) in [4.78, 5) is 9.27. The molecule has 2 heterocycles. The number of rotatable bonds is 4. The summed E-state index contributed by atoms with van der Waals surface area (Å²) >= 11 is 0. The number of ether oxygens (including phenoxy) is 1. The van der Waals surface area contributed by atoms with Crippen molar-refractivity contribution in [3.05, 3.63) is 35.4 Å². The molecule has 2 saturated heterocycles. The van der Waals surface area contributed by atoms with Crippen LogP contribution in [0.2, 0.25) is 0 Å². The zero-order valence-corrected chi connectivity index (χ0v) is 17.4. The number of morpholine rings is 1. The monoisotopic (exact) mass is 458 g/mol. The molecule has 0 saturated carbocycles. The van der Waals surface area contributed by atoms with Crippen LogP contribution in [-0.2, 0) is 17.8 Å². The Morgan fingerprint density at radius 3 is 2.16 bits per heavy atom.